The fourth-order valence-electron chi connectivity index (χ4n) is 4.53. The highest BCUT2D eigenvalue weighted by molar-refractivity contribution is 8.01. The number of methoxy groups -OCH3 is 1. The second-order valence-corrected chi connectivity index (χ2v) is 9.51. The number of carbonyl (C=O) groups excluding carboxylic acids is 2. The Morgan fingerprint density at radius 2 is 1.91 bits per heavy atom. The van der Waals surface area contributed by atoms with Gasteiger partial charge in [-0.2, -0.15) is 0 Å². The van der Waals surface area contributed by atoms with Gasteiger partial charge in [0.2, 0.25) is 0 Å². The van der Waals surface area contributed by atoms with E-state index in [1.54, 1.807) is 23.0 Å². The van der Waals surface area contributed by atoms with E-state index in [0.717, 1.165) is 22.4 Å². The number of halogens is 1. The molecule has 0 bridgehead atoms. The molecule has 0 aliphatic carbocycles. The molecule has 7 heteroatoms. The van der Waals surface area contributed by atoms with Crippen LogP contribution >= 0.6 is 11.8 Å². The molecule has 1 fully saturated rings. The van der Waals surface area contributed by atoms with Crippen LogP contribution in [0.15, 0.2) is 66.7 Å². The average Bonchev–Trinajstić information content (AvgIpc) is 3.36. The lowest BCUT2D eigenvalue weighted by Gasteiger charge is -2.33. The van der Waals surface area contributed by atoms with E-state index in [9.17, 15) is 14.0 Å². The fourth-order valence-corrected chi connectivity index (χ4v) is 5.98. The summed E-state index contributed by atoms with van der Waals surface area (Å²) in [4.78, 5) is 29.7. The lowest BCUT2D eigenvalue weighted by Crippen LogP contribution is -2.50. The highest BCUT2D eigenvalue weighted by Gasteiger charge is 2.59. The normalized spacial score (nSPS) is 19.3. The van der Waals surface area contributed by atoms with E-state index in [0.29, 0.717) is 24.6 Å². The lowest BCUT2D eigenvalue weighted by atomic mass is 10.0. The van der Waals surface area contributed by atoms with Crippen molar-refractivity contribution < 1.29 is 18.7 Å². The Balaban J connectivity index is 1.61. The maximum Gasteiger partial charge on any atom is 0.268 e. The minimum absolute atomic E-state index is 0.168. The number of anilines is 1. The Hall–Kier alpha value is -3.32. The monoisotopic (exact) mass is 462 g/mol. The van der Waals surface area contributed by atoms with E-state index >= 15 is 0 Å². The molecule has 5 rings (SSSR count). The van der Waals surface area contributed by atoms with Gasteiger partial charge < -0.3 is 14.5 Å². The number of hydrogen-bond donors (Lipinski definition) is 0. The van der Waals surface area contributed by atoms with Crippen LogP contribution in [-0.2, 0) is 16.2 Å². The van der Waals surface area contributed by atoms with Gasteiger partial charge in [0.1, 0.15) is 11.6 Å². The Kier molecular flexibility index (Phi) is 5.37. The first-order valence-electron chi connectivity index (χ1n) is 10.7. The van der Waals surface area contributed by atoms with Gasteiger partial charge >= 0.3 is 0 Å². The van der Waals surface area contributed by atoms with Crippen LogP contribution in [0.3, 0.4) is 0 Å². The third-order valence-corrected chi connectivity index (χ3v) is 7.60. The summed E-state index contributed by atoms with van der Waals surface area (Å²) in [5.41, 5.74) is 3.86. The molecular formula is C26H23FN2O3S. The summed E-state index contributed by atoms with van der Waals surface area (Å²) in [6, 6.07) is 19.2. The van der Waals surface area contributed by atoms with Crippen LogP contribution in [0.2, 0.25) is 0 Å². The van der Waals surface area contributed by atoms with E-state index in [4.69, 9.17) is 4.74 Å². The topological polar surface area (TPSA) is 49.9 Å². The van der Waals surface area contributed by atoms with E-state index in [1.165, 1.54) is 30.0 Å². The quantitative estimate of drug-likeness (QED) is 0.563. The van der Waals surface area contributed by atoms with Crippen LogP contribution in [0, 0.1) is 12.7 Å². The van der Waals surface area contributed by atoms with E-state index in [1.807, 2.05) is 49.4 Å². The Morgan fingerprint density at radius 1 is 1.12 bits per heavy atom. The van der Waals surface area contributed by atoms with Crippen LogP contribution < -0.4 is 9.64 Å². The number of aryl methyl sites for hydroxylation is 1. The second-order valence-electron chi connectivity index (χ2n) is 8.22. The van der Waals surface area contributed by atoms with Gasteiger partial charge in [0.05, 0.1) is 19.3 Å². The molecule has 2 aliphatic rings. The minimum atomic E-state index is -1.21. The van der Waals surface area contributed by atoms with Crippen molar-refractivity contribution in [3.63, 3.8) is 0 Å². The van der Waals surface area contributed by atoms with Gasteiger partial charge in [-0.05, 0) is 48.9 Å². The largest absolute Gasteiger partial charge is 0.497 e. The molecule has 168 valence electrons. The van der Waals surface area contributed by atoms with Gasteiger partial charge in [0.15, 0.2) is 4.87 Å². The van der Waals surface area contributed by atoms with Crippen molar-refractivity contribution in [1.82, 2.24) is 4.90 Å². The molecule has 1 atom stereocenters. The van der Waals surface area contributed by atoms with Crippen molar-refractivity contribution >= 4 is 29.3 Å². The number of fused-ring (bicyclic) bond motifs is 2. The summed E-state index contributed by atoms with van der Waals surface area (Å²) in [5, 5.41) is 0. The lowest BCUT2D eigenvalue weighted by molar-refractivity contribution is -0.123. The molecule has 0 saturated carbocycles. The van der Waals surface area contributed by atoms with Crippen LogP contribution in [0.1, 0.15) is 27.0 Å². The molecule has 1 spiro atoms. The molecule has 0 N–H and O–H groups in total. The van der Waals surface area contributed by atoms with E-state index in [2.05, 4.69) is 0 Å². The molecule has 1 saturated heterocycles. The first-order valence-corrected chi connectivity index (χ1v) is 11.7. The van der Waals surface area contributed by atoms with Crippen molar-refractivity contribution in [3.8, 4) is 5.75 Å². The number of thioether (sulfide) groups is 1. The number of rotatable bonds is 4. The molecule has 0 aromatic heterocycles. The zero-order valence-electron chi connectivity index (χ0n) is 18.4. The summed E-state index contributed by atoms with van der Waals surface area (Å²) >= 11 is 1.44. The molecule has 2 amide bonds. The summed E-state index contributed by atoms with van der Waals surface area (Å²) in [6.07, 6.45) is 0. The van der Waals surface area contributed by atoms with Crippen molar-refractivity contribution in [2.24, 2.45) is 0 Å². The smallest absolute Gasteiger partial charge is 0.268 e. The maximum atomic E-state index is 14.1. The highest BCUT2D eigenvalue weighted by Crippen LogP contribution is 2.55. The maximum absolute atomic E-state index is 14.1. The van der Waals surface area contributed by atoms with Gasteiger partial charge in [-0.25, -0.2) is 4.39 Å². The molecule has 3 aromatic rings. The predicted octanol–water partition coefficient (Wildman–Crippen LogP) is 4.73. The zero-order valence-corrected chi connectivity index (χ0v) is 19.2. The molecule has 3 aromatic carbocycles. The van der Waals surface area contributed by atoms with Crippen molar-refractivity contribution in [3.05, 3.63) is 94.8 Å². The molecular weight excluding hydrogens is 439 g/mol. The van der Waals surface area contributed by atoms with Crippen molar-refractivity contribution in [2.45, 2.75) is 18.3 Å². The third kappa shape index (κ3) is 3.47. The standard InChI is InChI=1S/C26H23FN2O3S/c1-17-6-8-18(9-7-17)16-28-23-11-10-21(32-2)15-22(23)26(25(28)31)29(12-13-33-26)24(30)19-4-3-5-20(27)14-19/h3-11,14-15H,12-13,16H2,1-2H3/t26-/m0/s1. The van der Waals surface area contributed by atoms with Gasteiger partial charge in [-0.1, -0.05) is 35.9 Å². The van der Waals surface area contributed by atoms with Crippen LogP contribution in [-0.4, -0.2) is 36.1 Å². The molecule has 0 radical (unpaired) electrons. The Bertz CT molecular complexity index is 1250. The number of amides is 2. The zero-order chi connectivity index (χ0) is 23.2. The number of nitrogens with zero attached hydrogens (tertiary/aromatic N) is 2. The van der Waals surface area contributed by atoms with Gasteiger partial charge in [0, 0.05) is 23.4 Å². The number of hydrogen-bond acceptors (Lipinski definition) is 4. The first kappa shape index (κ1) is 21.5. The highest BCUT2D eigenvalue weighted by atomic mass is 32.2. The first-order chi connectivity index (χ1) is 15.9. The molecule has 33 heavy (non-hydrogen) atoms. The van der Waals surface area contributed by atoms with Crippen molar-refractivity contribution in [1.29, 1.82) is 0 Å². The fraction of sp³-hybridized carbons (Fsp3) is 0.231. The number of carbonyl (C=O) groups is 2. The van der Waals surface area contributed by atoms with Gasteiger partial charge in [-0.3, -0.25) is 9.59 Å². The predicted molar refractivity (Wildman–Crippen MR) is 127 cm³/mol. The molecule has 2 heterocycles. The van der Waals surface area contributed by atoms with E-state index in [-0.39, 0.29) is 17.4 Å². The van der Waals surface area contributed by atoms with Crippen LogP contribution in [0.4, 0.5) is 10.1 Å². The SMILES string of the molecule is COc1ccc2c(c1)[C@]1(SCCN1C(=O)c1cccc(F)c1)C(=O)N2Cc1ccc(C)cc1. The summed E-state index contributed by atoms with van der Waals surface area (Å²) in [5.74, 6) is 0.200. The van der Waals surface area contributed by atoms with Crippen LogP contribution in [0.5, 0.6) is 5.75 Å². The summed E-state index contributed by atoms with van der Waals surface area (Å²) in [7, 11) is 1.58. The molecule has 5 nitrogen and oxygen atoms in total. The van der Waals surface area contributed by atoms with Crippen LogP contribution in [0.25, 0.3) is 0 Å². The Morgan fingerprint density at radius 3 is 2.64 bits per heavy atom. The number of ether oxygens (including phenoxy) is 1. The minimum Gasteiger partial charge on any atom is -0.497 e. The summed E-state index contributed by atoms with van der Waals surface area (Å²) < 4.78 is 19.3. The van der Waals surface area contributed by atoms with Gasteiger partial charge in [0.25, 0.3) is 11.8 Å². The summed E-state index contributed by atoms with van der Waals surface area (Å²) in [6.45, 7) is 2.80. The van der Waals surface area contributed by atoms with Gasteiger partial charge in [-0.15, -0.1) is 11.8 Å². The second kappa shape index (κ2) is 8.23. The van der Waals surface area contributed by atoms with Crippen molar-refractivity contribution in [2.75, 3.05) is 24.3 Å². The van der Waals surface area contributed by atoms with E-state index < -0.39 is 10.7 Å². The average molecular weight is 463 g/mol. The molecule has 0 unspecified atom stereocenters. The Labute approximate surface area is 196 Å². The third-order valence-electron chi connectivity index (χ3n) is 6.18. The molecule has 2 aliphatic heterocycles. The number of benzene rings is 3.